The van der Waals surface area contributed by atoms with Crippen molar-refractivity contribution in [2.24, 2.45) is 0 Å². The molecule has 0 aromatic heterocycles. The maximum atomic E-state index is 13.8. The largest absolute Gasteiger partial charge is 0.398 e. The van der Waals surface area contributed by atoms with E-state index in [0.717, 1.165) is 30.7 Å². The number of nitrogens with two attached hydrogens (primary N) is 1. The van der Waals surface area contributed by atoms with E-state index in [1.807, 2.05) is 6.92 Å². The second kappa shape index (κ2) is 5.82. The summed E-state index contributed by atoms with van der Waals surface area (Å²) in [6.45, 7) is 2.30. The summed E-state index contributed by atoms with van der Waals surface area (Å²) in [7, 11) is -3.89. The van der Waals surface area contributed by atoms with Gasteiger partial charge >= 0.3 is 0 Å². The Bertz CT molecular complexity index is 616. The number of anilines is 1. The maximum absolute atomic E-state index is 13.8. The molecule has 112 valence electrons. The van der Waals surface area contributed by atoms with E-state index in [1.165, 1.54) is 0 Å². The number of nitrogens with one attached hydrogen (secondary N) is 1. The molecule has 1 saturated heterocycles. The third-order valence-corrected chi connectivity index (χ3v) is 6.92. The lowest BCUT2D eigenvalue weighted by Gasteiger charge is -2.23. The third kappa shape index (κ3) is 3.47. The smallest absolute Gasteiger partial charge is 0.243 e. The normalized spacial score (nSPS) is 23.1. The molecule has 3 N–H and O–H groups in total. The van der Waals surface area contributed by atoms with Crippen molar-refractivity contribution in [3.63, 3.8) is 0 Å². The number of benzene rings is 1. The molecule has 0 aliphatic carbocycles. The summed E-state index contributed by atoms with van der Waals surface area (Å²) in [6.07, 6.45) is 2.02. The summed E-state index contributed by atoms with van der Waals surface area (Å²) >= 11 is 4.80. The molecule has 1 heterocycles. The number of thioether (sulfide) groups is 1. The van der Waals surface area contributed by atoms with Crippen LogP contribution in [0.25, 0.3) is 0 Å². The van der Waals surface area contributed by atoms with E-state index in [4.69, 9.17) is 5.73 Å². The predicted octanol–water partition coefficient (Wildman–Crippen LogP) is 2.73. The first-order valence-electron chi connectivity index (χ1n) is 6.12. The van der Waals surface area contributed by atoms with Crippen molar-refractivity contribution in [3.05, 3.63) is 22.4 Å². The Hall–Kier alpha value is -0.310. The van der Waals surface area contributed by atoms with Crippen molar-refractivity contribution in [1.29, 1.82) is 0 Å². The summed E-state index contributed by atoms with van der Waals surface area (Å²) in [4.78, 5) is -0.412. The number of nitrogen functional groups attached to an aromatic ring is 1. The van der Waals surface area contributed by atoms with Crippen molar-refractivity contribution >= 4 is 43.4 Å². The lowest BCUT2D eigenvalue weighted by molar-refractivity contribution is 0.539. The average Bonchev–Trinajstić information content (AvgIpc) is 2.79. The topological polar surface area (TPSA) is 72.2 Å². The molecule has 1 unspecified atom stereocenters. The fourth-order valence-corrected chi connectivity index (χ4v) is 4.97. The molecule has 1 aromatic rings. The molecule has 0 radical (unpaired) electrons. The van der Waals surface area contributed by atoms with Gasteiger partial charge in [0.2, 0.25) is 10.0 Å². The molecule has 4 nitrogen and oxygen atoms in total. The lowest BCUT2D eigenvalue weighted by Crippen LogP contribution is -2.37. The fraction of sp³-hybridized carbons (Fsp3) is 0.500. The summed E-state index contributed by atoms with van der Waals surface area (Å²) < 4.78 is 40.9. The van der Waals surface area contributed by atoms with Gasteiger partial charge in [-0.15, -0.1) is 0 Å². The number of halogens is 2. The first kappa shape index (κ1) is 16.1. The van der Waals surface area contributed by atoms with Crippen LogP contribution in [0, 0.1) is 5.82 Å². The zero-order valence-electron chi connectivity index (χ0n) is 10.9. The Morgan fingerprint density at radius 3 is 2.85 bits per heavy atom. The molecule has 1 atom stereocenters. The molecule has 0 spiro atoms. The highest BCUT2D eigenvalue weighted by Gasteiger charge is 2.31. The highest BCUT2D eigenvalue weighted by Crippen LogP contribution is 2.37. The van der Waals surface area contributed by atoms with Crippen LogP contribution in [0.15, 0.2) is 21.5 Å². The Morgan fingerprint density at radius 1 is 1.55 bits per heavy atom. The Balaban J connectivity index is 2.20. The van der Waals surface area contributed by atoms with Crippen LogP contribution in [0.4, 0.5) is 10.1 Å². The van der Waals surface area contributed by atoms with Crippen LogP contribution in [0.3, 0.4) is 0 Å². The molecular weight excluding hydrogens is 367 g/mol. The molecule has 20 heavy (non-hydrogen) atoms. The highest BCUT2D eigenvalue weighted by atomic mass is 79.9. The summed E-state index contributed by atoms with van der Waals surface area (Å²) in [5, 5.41) is 0. The van der Waals surface area contributed by atoms with Gasteiger partial charge in [0.1, 0.15) is 10.7 Å². The van der Waals surface area contributed by atoms with Crippen molar-refractivity contribution in [2.75, 3.05) is 18.0 Å². The van der Waals surface area contributed by atoms with E-state index >= 15 is 0 Å². The van der Waals surface area contributed by atoms with E-state index < -0.39 is 20.7 Å². The Labute approximate surface area is 130 Å². The molecule has 1 aliphatic rings. The number of hydrogen-bond donors (Lipinski definition) is 2. The van der Waals surface area contributed by atoms with Crippen LogP contribution in [-0.2, 0) is 10.0 Å². The zero-order valence-corrected chi connectivity index (χ0v) is 14.2. The van der Waals surface area contributed by atoms with Gasteiger partial charge in [0.25, 0.3) is 0 Å². The summed E-state index contributed by atoms with van der Waals surface area (Å²) in [6, 6.07) is 2.20. The molecule has 1 aromatic carbocycles. The van der Waals surface area contributed by atoms with Gasteiger partial charge in [0, 0.05) is 21.5 Å². The molecule has 1 fully saturated rings. The Kier molecular flexibility index (Phi) is 4.68. The van der Waals surface area contributed by atoms with Gasteiger partial charge < -0.3 is 5.73 Å². The molecule has 1 aliphatic heterocycles. The van der Waals surface area contributed by atoms with Crippen LogP contribution in [0.1, 0.15) is 19.8 Å². The molecule has 0 bridgehead atoms. The quantitative estimate of drug-likeness (QED) is 0.785. The van der Waals surface area contributed by atoms with Gasteiger partial charge in [0.15, 0.2) is 0 Å². The second-order valence-electron chi connectivity index (χ2n) is 5.03. The third-order valence-electron chi connectivity index (χ3n) is 3.28. The van der Waals surface area contributed by atoms with E-state index in [9.17, 15) is 12.8 Å². The van der Waals surface area contributed by atoms with Crippen LogP contribution < -0.4 is 10.5 Å². The van der Waals surface area contributed by atoms with Gasteiger partial charge in [-0.1, -0.05) is 0 Å². The Morgan fingerprint density at radius 2 is 2.25 bits per heavy atom. The van der Waals surface area contributed by atoms with Crippen molar-refractivity contribution < 1.29 is 12.8 Å². The standard InChI is InChI=1S/C12H16BrFN2O2S2/c1-12(3-2-4-19-12)7-16-20(17,18)11-6-10(15)8(13)5-9(11)14/h5-6,16H,2-4,7,15H2,1H3. The monoisotopic (exact) mass is 382 g/mol. The molecule has 0 amide bonds. The highest BCUT2D eigenvalue weighted by molar-refractivity contribution is 9.10. The first-order valence-corrected chi connectivity index (χ1v) is 9.38. The molecule has 8 heteroatoms. The van der Waals surface area contributed by atoms with Gasteiger partial charge in [-0.2, -0.15) is 11.8 Å². The van der Waals surface area contributed by atoms with E-state index in [0.29, 0.717) is 4.47 Å². The minimum Gasteiger partial charge on any atom is -0.398 e. The predicted molar refractivity (Wildman–Crippen MR) is 83.8 cm³/mol. The zero-order chi connectivity index (χ0) is 15.0. The number of rotatable bonds is 4. The van der Waals surface area contributed by atoms with E-state index in [1.54, 1.807) is 11.8 Å². The molecular formula is C12H16BrFN2O2S2. The fourth-order valence-electron chi connectivity index (χ4n) is 2.05. The van der Waals surface area contributed by atoms with Crippen LogP contribution >= 0.6 is 27.7 Å². The first-order chi connectivity index (χ1) is 9.23. The molecule has 0 saturated carbocycles. The van der Waals surface area contributed by atoms with Gasteiger partial charge in [0.05, 0.1) is 0 Å². The number of sulfonamides is 1. The van der Waals surface area contributed by atoms with Crippen LogP contribution in [-0.4, -0.2) is 25.5 Å². The van der Waals surface area contributed by atoms with E-state index in [2.05, 4.69) is 20.7 Å². The minimum absolute atomic E-state index is 0.121. The van der Waals surface area contributed by atoms with Gasteiger partial charge in [-0.05, 0) is 53.6 Å². The van der Waals surface area contributed by atoms with E-state index in [-0.39, 0.29) is 17.0 Å². The summed E-state index contributed by atoms with van der Waals surface area (Å²) in [5.41, 5.74) is 5.81. The van der Waals surface area contributed by atoms with Crippen molar-refractivity contribution in [1.82, 2.24) is 4.72 Å². The van der Waals surface area contributed by atoms with Crippen LogP contribution in [0.2, 0.25) is 0 Å². The van der Waals surface area contributed by atoms with Gasteiger partial charge in [-0.3, -0.25) is 0 Å². The SMILES string of the molecule is CC1(CNS(=O)(=O)c2cc(N)c(Br)cc2F)CCCS1. The minimum atomic E-state index is -3.89. The maximum Gasteiger partial charge on any atom is 0.243 e. The van der Waals surface area contributed by atoms with Crippen molar-refractivity contribution in [3.8, 4) is 0 Å². The number of hydrogen-bond acceptors (Lipinski definition) is 4. The summed E-state index contributed by atoms with van der Waals surface area (Å²) in [5.74, 6) is 0.209. The second-order valence-corrected chi connectivity index (χ2v) is 9.30. The van der Waals surface area contributed by atoms with Crippen molar-refractivity contribution in [2.45, 2.75) is 29.4 Å². The lowest BCUT2D eigenvalue weighted by atomic mass is 10.1. The average molecular weight is 383 g/mol. The van der Waals surface area contributed by atoms with Gasteiger partial charge in [-0.25, -0.2) is 17.5 Å². The molecule has 2 rings (SSSR count). The van der Waals surface area contributed by atoms with Crippen LogP contribution in [0.5, 0.6) is 0 Å².